The minimum Gasteiger partial charge on any atom is -0.326 e. The molecular weight excluding hydrogens is 304 g/mol. The number of rotatable bonds is 5. The van der Waals surface area contributed by atoms with E-state index in [-0.39, 0.29) is 30.0 Å². The van der Waals surface area contributed by atoms with Crippen molar-refractivity contribution in [3.8, 4) is 0 Å². The zero-order valence-electron chi connectivity index (χ0n) is 12.7. The standard InChI is InChI=1S/C15H20N2O4S/c1-11-6-7-15(19)17(11)13-5-3-4-12(10-13)16-14(18)8-9-22(2,20)21/h3-5,10-11H,6-9H2,1-2H3,(H,16,18). The second kappa shape index (κ2) is 6.48. The maximum absolute atomic E-state index is 11.9. The van der Waals surface area contributed by atoms with Gasteiger partial charge in [-0.1, -0.05) is 6.07 Å². The lowest BCUT2D eigenvalue weighted by Gasteiger charge is -2.22. The smallest absolute Gasteiger partial charge is 0.227 e. The van der Waals surface area contributed by atoms with Crippen LogP contribution in [0.1, 0.15) is 26.2 Å². The minimum absolute atomic E-state index is 0.0769. The zero-order chi connectivity index (χ0) is 16.3. The predicted molar refractivity (Wildman–Crippen MR) is 85.6 cm³/mol. The van der Waals surface area contributed by atoms with Gasteiger partial charge >= 0.3 is 0 Å². The van der Waals surface area contributed by atoms with Crippen molar-refractivity contribution < 1.29 is 18.0 Å². The summed E-state index contributed by atoms with van der Waals surface area (Å²) in [4.78, 5) is 25.4. The van der Waals surface area contributed by atoms with Crippen LogP contribution in [0.2, 0.25) is 0 Å². The maximum atomic E-state index is 11.9. The van der Waals surface area contributed by atoms with Crippen molar-refractivity contribution in [2.24, 2.45) is 0 Å². The van der Waals surface area contributed by atoms with Gasteiger partial charge in [0.15, 0.2) is 0 Å². The van der Waals surface area contributed by atoms with Crippen LogP contribution in [0, 0.1) is 0 Å². The number of hydrogen-bond acceptors (Lipinski definition) is 4. The van der Waals surface area contributed by atoms with Crippen LogP contribution in [0.25, 0.3) is 0 Å². The van der Waals surface area contributed by atoms with E-state index in [1.54, 1.807) is 23.1 Å². The fourth-order valence-corrected chi connectivity index (χ4v) is 3.02. The fourth-order valence-electron chi connectivity index (χ4n) is 2.46. The van der Waals surface area contributed by atoms with E-state index in [4.69, 9.17) is 0 Å². The van der Waals surface area contributed by atoms with Crippen LogP contribution in [0.4, 0.5) is 11.4 Å². The Morgan fingerprint density at radius 3 is 2.73 bits per heavy atom. The van der Waals surface area contributed by atoms with Crippen LogP contribution in [0.5, 0.6) is 0 Å². The van der Waals surface area contributed by atoms with Gasteiger partial charge in [0.2, 0.25) is 11.8 Å². The van der Waals surface area contributed by atoms with Crippen LogP contribution in [0.15, 0.2) is 24.3 Å². The van der Waals surface area contributed by atoms with Crippen molar-refractivity contribution >= 4 is 33.0 Å². The number of hydrogen-bond donors (Lipinski definition) is 1. The molecule has 1 atom stereocenters. The largest absolute Gasteiger partial charge is 0.326 e. The lowest BCUT2D eigenvalue weighted by atomic mass is 10.2. The molecule has 0 radical (unpaired) electrons. The third-order valence-corrected chi connectivity index (χ3v) is 4.54. The molecule has 0 bridgehead atoms. The molecule has 6 nitrogen and oxygen atoms in total. The molecule has 1 aliphatic heterocycles. The highest BCUT2D eigenvalue weighted by molar-refractivity contribution is 7.90. The van der Waals surface area contributed by atoms with E-state index in [9.17, 15) is 18.0 Å². The van der Waals surface area contributed by atoms with Crippen LogP contribution >= 0.6 is 0 Å². The summed E-state index contributed by atoms with van der Waals surface area (Å²) in [5.41, 5.74) is 1.30. The number of carbonyl (C=O) groups is 2. The van der Waals surface area contributed by atoms with Gasteiger partial charge in [-0.3, -0.25) is 9.59 Å². The number of nitrogens with one attached hydrogen (secondary N) is 1. The highest BCUT2D eigenvalue weighted by Gasteiger charge is 2.28. The van der Waals surface area contributed by atoms with Crippen molar-refractivity contribution in [2.45, 2.75) is 32.2 Å². The Hall–Kier alpha value is -1.89. The quantitative estimate of drug-likeness (QED) is 0.891. The van der Waals surface area contributed by atoms with Gasteiger partial charge in [-0.05, 0) is 31.5 Å². The van der Waals surface area contributed by atoms with E-state index in [0.29, 0.717) is 12.1 Å². The van der Waals surface area contributed by atoms with Crippen LogP contribution in [-0.4, -0.2) is 38.3 Å². The Balaban J connectivity index is 2.06. The summed E-state index contributed by atoms with van der Waals surface area (Å²) in [6, 6.07) is 7.18. The maximum Gasteiger partial charge on any atom is 0.227 e. The normalized spacial score (nSPS) is 18.5. The van der Waals surface area contributed by atoms with Crippen LogP contribution in [-0.2, 0) is 19.4 Å². The summed E-state index contributed by atoms with van der Waals surface area (Å²) >= 11 is 0. The number of anilines is 2. The van der Waals surface area contributed by atoms with Crippen molar-refractivity contribution in [2.75, 3.05) is 22.2 Å². The van der Waals surface area contributed by atoms with Crippen molar-refractivity contribution in [3.63, 3.8) is 0 Å². The molecule has 1 unspecified atom stereocenters. The zero-order valence-corrected chi connectivity index (χ0v) is 13.5. The number of carbonyl (C=O) groups excluding carboxylic acids is 2. The molecular formula is C15H20N2O4S. The van der Waals surface area contributed by atoms with Crippen molar-refractivity contribution in [1.82, 2.24) is 0 Å². The van der Waals surface area contributed by atoms with Crippen LogP contribution < -0.4 is 10.2 Å². The van der Waals surface area contributed by atoms with E-state index in [1.807, 2.05) is 13.0 Å². The minimum atomic E-state index is -3.16. The van der Waals surface area contributed by atoms with E-state index < -0.39 is 9.84 Å². The van der Waals surface area contributed by atoms with Gasteiger partial charge in [0, 0.05) is 36.5 Å². The summed E-state index contributed by atoms with van der Waals surface area (Å²) < 4.78 is 22.1. The number of nitrogens with zero attached hydrogens (tertiary/aromatic N) is 1. The van der Waals surface area contributed by atoms with E-state index >= 15 is 0 Å². The molecule has 1 saturated heterocycles. The summed E-state index contributed by atoms with van der Waals surface area (Å²) in [5.74, 6) is -0.461. The fraction of sp³-hybridized carbons (Fsp3) is 0.467. The Morgan fingerprint density at radius 2 is 2.14 bits per heavy atom. The molecule has 2 rings (SSSR count). The Bertz CT molecular complexity index is 685. The highest BCUT2D eigenvalue weighted by Crippen LogP contribution is 2.28. The van der Waals surface area contributed by atoms with Crippen LogP contribution in [0.3, 0.4) is 0 Å². The number of sulfone groups is 1. The molecule has 1 N–H and O–H groups in total. The first kappa shape index (κ1) is 16.5. The summed E-state index contributed by atoms with van der Waals surface area (Å²) in [6.07, 6.45) is 2.37. The Kier molecular flexibility index (Phi) is 4.85. The molecule has 0 aromatic heterocycles. The number of amides is 2. The third kappa shape index (κ3) is 4.30. The predicted octanol–water partition coefficient (Wildman–Crippen LogP) is 1.58. The second-order valence-corrected chi connectivity index (χ2v) is 7.89. The molecule has 1 fully saturated rings. The lowest BCUT2D eigenvalue weighted by Crippen LogP contribution is -2.30. The second-order valence-electron chi connectivity index (χ2n) is 5.63. The molecule has 0 saturated carbocycles. The first-order valence-electron chi connectivity index (χ1n) is 7.16. The molecule has 1 aromatic carbocycles. The SMILES string of the molecule is CC1CCC(=O)N1c1cccc(NC(=O)CCS(C)(=O)=O)c1. The molecule has 2 amide bonds. The first-order chi connectivity index (χ1) is 10.3. The molecule has 120 valence electrons. The average molecular weight is 324 g/mol. The summed E-state index contributed by atoms with van der Waals surface area (Å²) in [6.45, 7) is 1.99. The molecule has 0 aliphatic carbocycles. The molecule has 1 heterocycles. The first-order valence-corrected chi connectivity index (χ1v) is 9.22. The number of benzene rings is 1. The molecule has 1 aromatic rings. The van der Waals surface area contributed by atoms with E-state index in [0.717, 1.165) is 18.4 Å². The monoisotopic (exact) mass is 324 g/mol. The molecule has 0 spiro atoms. The lowest BCUT2D eigenvalue weighted by molar-refractivity contribution is -0.117. The molecule has 7 heteroatoms. The van der Waals surface area contributed by atoms with E-state index in [2.05, 4.69) is 5.32 Å². The van der Waals surface area contributed by atoms with Crippen molar-refractivity contribution in [1.29, 1.82) is 0 Å². The average Bonchev–Trinajstić information content (AvgIpc) is 2.75. The molecule has 22 heavy (non-hydrogen) atoms. The Morgan fingerprint density at radius 1 is 1.41 bits per heavy atom. The van der Waals surface area contributed by atoms with Gasteiger partial charge in [-0.2, -0.15) is 0 Å². The van der Waals surface area contributed by atoms with Gasteiger partial charge in [0.1, 0.15) is 9.84 Å². The van der Waals surface area contributed by atoms with Gasteiger partial charge in [-0.25, -0.2) is 8.42 Å². The van der Waals surface area contributed by atoms with Crippen molar-refractivity contribution in [3.05, 3.63) is 24.3 Å². The van der Waals surface area contributed by atoms with Gasteiger partial charge < -0.3 is 10.2 Å². The highest BCUT2D eigenvalue weighted by atomic mass is 32.2. The summed E-state index contributed by atoms with van der Waals surface area (Å²) in [7, 11) is -3.16. The molecule has 1 aliphatic rings. The van der Waals surface area contributed by atoms with E-state index in [1.165, 1.54) is 0 Å². The van der Waals surface area contributed by atoms with Gasteiger partial charge in [0.05, 0.1) is 5.75 Å². The van der Waals surface area contributed by atoms with Gasteiger partial charge in [-0.15, -0.1) is 0 Å². The third-order valence-electron chi connectivity index (χ3n) is 3.59. The van der Waals surface area contributed by atoms with Gasteiger partial charge in [0.25, 0.3) is 0 Å². The topological polar surface area (TPSA) is 83.6 Å². The summed E-state index contributed by atoms with van der Waals surface area (Å²) in [5, 5.41) is 2.67. The Labute approximate surface area is 130 Å².